The van der Waals surface area contributed by atoms with E-state index < -0.39 is 12.1 Å². The number of aliphatic hydroxyl groups excluding tert-OH is 2. The van der Waals surface area contributed by atoms with Crippen LogP contribution in [0.3, 0.4) is 0 Å². The van der Waals surface area contributed by atoms with Crippen molar-refractivity contribution in [3.8, 4) is 0 Å². The molecule has 0 saturated carbocycles. The van der Waals surface area contributed by atoms with Gasteiger partial charge in [0, 0.05) is 12.8 Å². The van der Waals surface area contributed by atoms with E-state index in [1.165, 1.54) is 212 Å². The van der Waals surface area contributed by atoms with E-state index in [1.807, 2.05) is 6.08 Å². The van der Waals surface area contributed by atoms with Crippen LogP contribution in [0, 0.1) is 0 Å². The molecule has 63 heavy (non-hydrogen) atoms. The van der Waals surface area contributed by atoms with Gasteiger partial charge in [0.1, 0.15) is 0 Å². The van der Waals surface area contributed by atoms with Crippen LogP contribution < -0.4 is 5.32 Å². The van der Waals surface area contributed by atoms with E-state index >= 15 is 0 Å². The summed E-state index contributed by atoms with van der Waals surface area (Å²) in [7, 11) is 0. The average Bonchev–Trinajstić information content (AvgIpc) is 3.28. The molecular formula is C57H107NO5. The Morgan fingerprint density at radius 2 is 0.825 bits per heavy atom. The summed E-state index contributed by atoms with van der Waals surface area (Å²) in [5.41, 5.74) is 0. The first kappa shape index (κ1) is 61.1. The number of rotatable bonds is 51. The second-order valence-electron chi connectivity index (χ2n) is 18.9. The van der Waals surface area contributed by atoms with Crippen LogP contribution in [0.4, 0.5) is 0 Å². The van der Waals surface area contributed by atoms with Crippen LogP contribution in [0.5, 0.6) is 0 Å². The molecule has 0 heterocycles. The molecule has 6 nitrogen and oxygen atoms in total. The summed E-state index contributed by atoms with van der Waals surface area (Å²) >= 11 is 0. The van der Waals surface area contributed by atoms with E-state index in [4.69, 9.17) is 4.74 Å². The van der Waals surface area contributed by atoms with Gasteiger partial charge in [-0.3, -0.25) is 9.59 Å². The quantitative estimate of drug-likeness (QED) is 0.0321. The van der Waals surface area contributed by atoms with E-state index in [1.54, 1.807) is 6.08 Å². The molecule has 0 aliphatic rings. The average molecular weight is 886 g/mol. The lowest BCUT2D eigenvalue weighted by Gasteiger charge is -2.20. The molecule has 0 aromatic rings. The maximum Gasteiger partial charge on any atom is 0.305 e. The van der Waals surface area contributed by atoms with Gasteiger partial charge in [0.25, 0.3) is 0 Å². The molecule has 370 valence electrons. The summed E-state index contributed by atoms with van der Waals surface area (Å²) in [6.07, 6.45) is 64.5. The van der Waals surface area contributed by atoms with Crippen LogP contribution in [-0.2, 0) is 14.3 Å². The second kappa shape index (κ2) is 52.7. The highest BCUT2D eigenvalue weighted by atomic mass is 16.5. The zero-order valence-corrected chi connectivity index (χ0v) is 42.1. The lowest BCUT2D eigenvalue weighted by Crippen LogP contribution is -2.45. The van der Waals surface area contributed by atoms with Crippen LogP contribution in [0.2, 0.25) is 0 Å². The molecule has 0 radical (unpaired) electrons. The fraction of sp³-hybridized carbons (Fsp3) is 0.860. The highest BCUT2D eigenvalue weighted by Gasteiger charge is 2.18. The molecule has 2 atom stereocenters. The van der Waals surface area contributed by atoms with Gasteiger partial charge in [-0.05, 0) is 57.8 Å². The standard InChI is InChI=1S/C57H107NO5/c1-3-5-7-9-11-13-15-26-31-35-39-43-47-51-57(62)63-52-48-44-40-36-32-28-25-23-21-19-17-18-20-22-24-27-30-34-38-42-46-50-56(61)58-54(53-59)55(60)49-45-41-37-33-29-16-14-12-10-8-6-4-2/h7,9,13,15,45,49,54-55,59-60H,3-6,8,10-12,14,16-44,46-48,50-53H2,1-2H3,(H,58,61)/b9-7-,15-13-,49-45+. The van der Waals surface area contributed by atoms with Crippen LogP contribution >= 0.6 is 0 Å². The largest absolute Gasteiger partial charge is 0.466 e. The monoisotopic (exact) mass is 886 g/mol. The zero-order chi connectivity index (χ0) is 45.8. The van der Waals surface area contributed by atoms with Gasteiger partial charge in [-0.25, -0.2) is 0 Å². The number of hydrogen-bond acceptors (Lipinski definition) is 5. The molecule has 6 heteroatoms. The molecule has 0 aliphatic heterocycles. The van der Waals surface area contributed by atoms with Crippen LogP contribution in [0.25, 0.3) is 0 Å². The molecule has 0 fully saturated rings. The number of nitrogens with one attached hydrogen (secondary N) is 1. The van der Waals surface area contributed by atoms with Gasteiger partial charge in [-0.15, -0.1) is 0 Å². The van der Waals surface area contributed by atoms with E-state index in [9.17, 15) is 19.8 Å². The van der Waals surface area contributed by atoms with Crippen LogP contribution in [0.15, 0.2) is 36.5 Å². The number of esters is 1. The SMILES string of the molecule is CCC/C=C\C/C=C\CCCCCCCC(=O)OCCCCCCCCCCCCCCCCCCCCCCCC(=O)NC(CO)C(O)/C=C/CCCCCCCCCCCC. The van der Waals surface area contributed by atoms with Crippen molar-refractivity contribution in [2.24, 2.45) is 0 Å². The Morgan fingerprint density at radius 3 is 1.27 bits per heavy atom. The fourth-order valence-corrected chi connectivity index (χ4v) is 8.38. The summed E-state index contributed by atoms with van der Waals surface area (Å²) in [4.78, 5) is 24.4. The van der Waals surface area contributed by atoms with Gasteiger partial charge in [0.2, 0.25) is 5.91 Å². The maximum atomic E-state index is 12.4. The van der Waals surface area contributed by atoms with Crippen molar-refractivity contribution in [1.82, 2.24) is 5.32 Å². The Hall–Kier alpha value is -1.92. The molecule has 0 rings (SSSR count). The predicted molar refractivity (Wildman–Crippen MR) is 273 cm³/mol. The third-order valence-corrected chi connectivity index (χ3v) is 12.6. The second-order valence-corrected chi connectivity index (χ2v) is 18.9. The van der Waals surface area contributed by atoms with E-state index in [2.05, 4.69) is 43.5 Å². The summed E-state index contributed by atoms with van der Waals surface area (Å²) in [6, 6.07) is -0.628. The van der Waals surface area contributed by atoms with Gasteiger partial charge in [0.15, 0.2) is 0 Å². The van der Waals surface area contributed by atoms with Gasteiger partial charge < -0.3 is 20.3 Å². The minimum atomic E-state index is -0.844. The third-order valence-electron chi connectivity index (χ3n) is 12.6. The lowest BCUT2D eigenvalue weighted by molar-refractivity contribution is -0.143. The molecule has 0 bridgehead atoms. The molecule has 1 amide bonds. The number of ether oxygens (including phenoxy) is 1. The van der Waals surface area contributed by atoms with Crippen molar-refractivity contribution < 1.29 is 24.5 Å². The summed E-state index contributed by atoms with van der Waals surface area (Å²) in [5.74, 6) is -0.0745. The molecule has 2 unspecified atom stereocenters. The number of aliphatic hydroxyl groups is 2. The van der Waals surface area contributed by atoms with Crippen molar-refractivity contribution in [2.45, 2.75) is 302 Å². The van der Waals surface area contributed by atoms with Gasteiger partial charge >= 0.3 is 5.97 Å². The van der Waals surface area contributed by atoms with E-state index in [-0.39, 0.29) is 18.5 Å². The fourth-order valence-electron chi connectivity index (χ4n) is 8.38. The highest BCUT2D eigenvalue weighted by Crippen LogP contribution is 2.17. The Balaban J connectivity index is 3.40. The van der Waals surface area contributed by atoms with Crippen molar-refractivity contribution in [3.05, 3.63) is 36.5 Å². The smallest absolute Gasteiger partial charge is 0.305 e. The number of amides is 1. The Bertz CT molecular complexity index is 1020. The molecule has 0 aromatic carbocycles. The number of unbranched alkanes of at least 4 members (excludes halogenated alkanes) is 36. The first-order valence-corrected chi connectivity index (χ1v) is 27.8. The molecule has 0 aromatic heterocycles. The predicted octanol–water partition coefficient (Wildman–Crippen LogP) is 16.9. The normalized spacial score (nSPS) is 12.9. The van der Waals surface area contributed by atoms with Crippen LogP contribution in [0.1, 0.15) is 290 Å². The van der Waals surface area contributed by atoms with Gasteiger partial charge in [-0.2, -0.15) is 0 Å². The number of carbonyl (C=O) groups is 2. The molecule has 0 aliphatic carbocycles. The Morgan fingerprint density at radius 1 is 0.444 bits per heavy atom. The zero-order valence-electron chi connectivity index (χ0n) is 42.1. The van der Waals surface area contributed by atoms with Crippen molar-refractivity contribution >= 4 is 11.9 Å². The first-order chi connectivity index (χ1) is 31.0. The molecule has 3 N–H and O–H groups in total. The summed E-state index contributed by atoms with van der Waals surface area (Å²) < 4.78 is 5.46. The van der Waals surface area contributed by atoms with Crippen molar-refractivity contribution in [1.29, 1.82) is 0 Å². The van der Waals surface area contributed by atoms with Crippen molar-refractivity contribution in [2.75, 3.05) is 13.2 Å². The number of allylic oxidation sites excluding steroid dienone is 5. The van der Waals surface area contributed by atoms with Gasteiger partial charge in [-0.1, -0.05) is 256 Å². The van der Waals surface area contributed by atoms with Gasteiger partial charge in [0.05, 0.1) is 25.4 Å². The summed E-state index contributed by atoms with van der Waals surface area (Å²) in [6.45, 7) is 4.82. The highest BCUT2D eigenvalue weighted by molar-refractivity contribution is 5.76. The Kier molecular flexibility index (Phi) is 51.1. The van der Waals surface area contributed by atoms with Crippen molar-refractivity contribution in [3.63, 3.8) is 0 Å². The summed E-state index contributed by atoms with van der Waals surface area (Å²) in [5, 5.41) is 23.0. The first-order valence-electron chi connectivity index (χ1n) is 27.8. The molecular weight excluding hydrogens is 779 g/mol. The van der Waals surface area contributed by atoms with Crippen LogP contribution in [-0.4, -0.2) is 47.4 Å². The minimum Gasteiger partial charge on any atom is -0.466 e. The number of carbonyl (C=O) groups excluding carboxylic acids is 2. The third kappa shape index (κ3) is 49.4. The molecule has 0 saturated heterocycles. The topological polar surface area (TPSA) is 95.9 Å². The minimum absolute atomic E-state index is 0.00448. The van der Waals surface area contributed by atoms with E-state index in [0.29, 0.717) is 19.4 Å². The number of hydrogen-bond donors (Lipinski definition) is 3. The van der Waals surface area contributed by atoms with E-state index in [0.717, 1.165) is 51.4 Å². The lowest BCUT2D eigenvalue weighted by atomic mass is 10.0. The molecule has 0 spiro atoms. The maximum absolute atomic E-state index is 12.4. The Labute approximate surface area is 392 Å².